The molecule has 0 bridgehead atoms. The first-order chi connectivity index (χ1) is 11.0. The molecule has 1 aliphatic rings. The topological polar surface area (TPSA) is 49.8 Å². The van der Waals surface area contributed by atoms with Crippen LogP contribution >= 0.6 is 0 Å². The van der Waals surface area contributed by atoms with E-state index in [-0.39, 0.29) is 0 Å². The van der Waals surface area contributed by atoms with Crippen molar-refractivity contribution in [3.8, 4) is 0 Å². The molecular formula is C19H26N4. The summed E-state index contributed by atoms with van der Waals surface area (Å²) in [7, 11) is 0. The maximum absolute atomic E-state index is 4.70. The Morgan fingerprint density at radius 3 is 2.65 bits per heavy atom. The number of nitrogens with zero attached hydrogens (tertiary/aromatic N) is 2. The van der Waals surface area contributed by atoms with Crippen LogP contribution in [0.15, 0.2) is 24.3 Å². The molecule has 0 saturated heterocycles. The molecule has 0 amide bonds. The molecule has 0 radical (unpaired) electrons. The molecule has 3 rings (SSSR count). The Kier molecular flexibility index (Phi) is 4.51. The van der Waals surface area contributed by atoms with Crippen LogP contribution in [0.5, 0.6) is 0 Å². The predicted octanol–water partition coefficient (Wildman–Crippen LogP) is 4.92. The summed E-state index contributed by atoms with van der Waals surface area (Å²) in [4.78, 5) is 9.37. The summed E-state index contributed by atoms with van der Waals surface area (Å²) in [6, 6.07) is 8.90. The molecule has 1 saturated carbocycles. The molecule has 1 fully saturated rings. The van der Waals surface area contributed by atoms with Crippen LogP contribution in [0.4, 0.5) is 17.5 Å². The summed E-state index contributed by atoms with van der Waals surface area (Å²) >= 11 is 0. The largest absolute Gasteiger partial charge is 0.352 e. The number of hydrogen-bond donors (Lipinski definition) is 2. The summed E-state index contributed by atoms with van der Waals surface area (Å²) in [5.74, 6) is 2.22. The fourth-order valence-electron chi connectivity index (χ4n) is 2.51. The number of aromatic nitrogens is 2. The van der Waals surface area contributed by atoms with Crippen molar-refractivity contribution < 1.29 is 0 Å². The molecule has 0 unspecified atom stereocenters. The quantitative estimate of drug-likeness (QED) is 0.794. The van der Waals surface area contributed by atoms with Gasteiger partial charge >= 0.3 is 0 Å². The Labute approximate surface area is 138 Å². The number of nitrogens with one attached hydrogen (secondary N) is 2. The van der Waals surface area contributed by atoms with Gasteiger partial charge in [-0.05, 0) is 57.2 Å². The molecule has 122 valence electrons. The first-order valence-electron chi connectivity index (χ1n) is 8.55. The Balaban J connectivity index is 1.89. The molecule has 1 atom stereocenters. The van der Waals surface area contributed by atoms with Crippen molar-refractivity contribution >= 4 is 17.5 Å². The number of anilines is 3. The van der Waals surface area contributed by atoms with E-state index in [0.29, 0.717) is 12.0 Å². The number of rotatable bonds is 6. The molecule has 1 aliphatic carbocycles. The lowest BCUT2D eigenvalue weighted by molar-refractivity contribution is 0.750. The molecule has 1 heterocycles. The van der Waals surface area contributed by atoms with Crippen LogP contribution < -0.4 is 10.6 Å². The van der Waals surface area contributed by atoms with Gasteiger partial charge in [0.25, 0.3) is 0 Å². The summed E-state index contributed by atoms with van der Waals surface area (Å²) in [5.41, 5.74) is 4.73. The van der Waals surface area contributed by atoms with Gasteiger partial charge in [-0.3, -0.25) is 0 Å². The van der Waals surface area contributed by atoms with Gasteiger partial charge in [0.1, 0.15) is 5.82 Å². The smallest absolute Gasteiger partial charge is 0.225 e. The van der Waals surface area contributed by atoms with Gasteiger partial charge < -0.3 is 10.6 Å². The van der Waals surface area contributed by atoms with Crippen molar-refractivity contribution in [1.29, 1.82) is 0 Å². The van der Waals surface area contributed by atoms with E-state index in [0.717, 1.165) is 29.6 Å². The van der Waals surface area contributed by atoms with Crippen molar-refractivity contribution in [2.24, 2.45) is 0 Å². The van der Waals surface area contributed by atoms with Crippen LogP contribution in [0.2, 0.25) is 0 Å². The van der Waals surface area contributed by atoms with Gasteiger partial charge in [-0.2, -0.15) is 4.98 Å². The van der Waals surface area contributed by atoms with Crippen molar-refractivity contribution in [2.45, 2.75) is 58.9 Å². The second-order valence-electron chi connectivity index (χ2n) is 6.67. The molecule has 2 aromatic rings. The second kappa shape index (κ2) is 6.57. The highest BCUT2D eigenvalue weighted by Crippen LogP contribution is 2.40. The van der Waals surface area contributed by atoms with Crippen molar-refractivity contribution in [2.75, 3.05) is 10.6 Å². The molecule has 1 aromatic heterocycles. The lowest BCUT2D eigenvalue weighted by Crippen LogP contribution is -2.16. The predicted molar refractivity (Wildman–Crippen MR) is 96.6 cm³/mol. The Morgan fingerprint density at radius 1 is 1.17 bits per heavy atom. The van der Waals surface area contributed by atoms with Crippen LogP contribution in [0, 0.1) is 13.8 Å². The van der Waals surface area contributed by atoms with Gasteiger partial charge in [0, 0.05) is 23.7 Å². The van der Waals surface area contributed by atoms with Crippen molar-refractivity contribution in [1.82, 2.24) is 9.97 Å². The van der Waals surface area contributed by atoms with Crippen molar-refractivity contribution in [3.63, 3.8) is 0 Å². The second-order valence-corrected chi connectivity index (χ2v) is 6.67. The molecule has 4 nitrogen and oxygen atoms in total. The Morgan fingerprint density at radius 2 is 1.96 bits per heavy atom. The molecule has 0 spiro atoms. The van der Waals surface area contributed by atoms with Crippen LogP contribution in [-0.2, 0) is 0 Å². The summed E-state index contributed by atoms with van der Waals surface area (Å²) in [5, 5.41) is 6.88. The van der Waals surface area contributed by atoms with Crippen LogP contribution in [0.25, 0.3) is 0 Å². The zero-order chi connectivity index (χ0) is 16.4. The fraction of sp³-hybridized carbons (Fsp3) is 0.474. The maximum Gasteiger partial charge on any atom is 0.225 e. The number of hydrogen-bond acceptors (Lipinski definition) is 4. The maximum atomic E-state index is 4.70. The fourth-order valence-corrected chi connectivity index (χ4v) is 2.51. The third-order valence-electron chi connectivity index (χ3n) is 4.39. The van der Waals surface area contributed by atoms with E-state index in [2.05, 4.69) is 67.6 Å². The van der Waals surface area contributed by atoms with Crippen LogP contribution in [0.3, 0.4) is 0 Å². The van der Waals surface area contributed by atoms with E-state index >= 15 is 0 Å². The molecule has 0 aliphatic heterocycles. The Hall–Kier alpha value is -2.10. The van der Waals surface area contributed by atoms with E-state index in [9.17, 15) is 0 Å². The Bertz CT molecular complexity index is 692. The van der Waals surface area contributed by atoms with Crippen molar-refractivity contribution in [3.05, 3.63) is 41.1 Å². The third kappa shape index (κ3) is 4.01. The van der Waals surface area contributed by atoms with Gasteiger partial charge in [0.05, 0.1) is 5.69 Å². The molecule has 4 heteroatoms. The SMILES string of the molecule is CC[C@@H](C)Nc1nc(Nc2cc(C)ccc2C)cc(C2CC2)n1. The normalized spacial score (nSPS) is 15.3. The van der Waals surface area contributed by atoms with Crippen LogP contribution in [-0.4, -0.2) is 16.0 Å². The lowest BCUT2D eigenvalue weighted by atomic mass is 10.1. The third-order valence-corrected chi connectivity index (χ3v) is 4.39. The lowest BCUT2D eigenvalue weighted by Gasteiger charge is -2.15. The monoisotopic (exact) mass is 310 g/mol. The van der Waals surface area contributed by atoms with E-state index in [1.807, 2.05) is 0 Å². The summed E-state index contributed by atoms with van der Waals surface area (Å²) in [6.07, 6.45) is 3.53. The van der Waals surface area contributed by atoms with E-state index in [1.54, 1.807) is 0 Å². The zero-order valence-corrected chi connectivity index (χ0v) is 14.5. The molecular weight excluding hydrogens is 284 g/mol. The van der Waals surface area contributed by atoms with Gasteiger partial charge in [-0.25, -0.2) is 4.98 Å². The first-order valence-corrected chi connectivity index (χ1v) is 8.55. The van der Waals surface area contributed by atoms with E-state index < -0.39 is 0 Å². The zero-order valence-electron chi connectivity index (χ0n) is 14.5. The molecule has 2 N–H and O–H groups in total. The highest BCUT2D eigenvalue weighted by Gasteiger charge is 2.26. The number of aryl methyl sites for hydroxylation is 2. The summed E-state index contributed by atoms with van der Waals surface area (Å²) < 4.78 is 0. The van der Waals surface area contributed by atoms with E-state index in [4.69, 9.17) is 4.98 Å². The van der Waals surface area contributed by atoms with Crippen LogP contribution in [0.1, 0.15) is 55.8 Å². The summed E-state index contributed by atoms with van der Waals surface area (Å²) in [6.45, 7) is 8.54. The minimum absolute atomic E-state index is 0.373. The van der Waals surface area contributed by atoms with Gasteiger partial charge in [0.15, 0.2) is 0 Å². The van der Waals surface area contributed by atoms with E-state index in [1.165, 1.54) is 24.0 Å². The first kappa shape index (κ1) is 15.8. The minimum atomic E-state index is 0.373. The standard InChI is InChI=1S/C19H26N4/c1-5-14(4)20-19-22-17(15-8-9-15)11-18(23-19)21-16-10-12(2)6-7-13(16)3/h6-7,10-11,14-15H,5,8-9H2,1-4H3,(H2,20,21,22,23)/t14-/m1/s1. The number of benzene rings is 1. The highest BCUT2D eigenvalue weighted by atomic mass is 15.2. The minimum Gasteiger partial charge on any atom is -0.352 e. The average Bonchev–Trinajstić information content (AvgIpc) is 3.35. The molecule has 1 aromatic carbocycles. The van der Waals surface area contributed by atoms with Gasteiger partial charge in [-0.1, -0.05) is 19.1 Å². The highest BCUT2D eigenvalue weighted by molar-refractivity contribution is 5.62. The van der Waals surface area contributed by atoms with Gasteiger partial charge in [-0.15, -0.1) is 0 Å². The average molecular weight is 310 g/mol. The molecule has 23 heavy (non-hydrogen) atoms. The van der Waals surface area contributed by atoms with Gasteiger partial charge in [0.2, 0.25) is 5.95 Å².